The van der Waals surface area contributed by atoms with Gasteiger partial charge in [0.25, 0.3) is 47.3 Å². The zero-order valence-electron chi connectivity index (χ0n) is 37.0. The third-order valence-corrected chi connectivity index (χ3v) is 13.2. The van der Waals surface area contributed by atoms with Gasteiger partial charge in [0.1, 0.15) is 0 Å². The monoisotopic (exact) mass is 870 g/mol. The fraction of sp³-hybridized carbons (Fsp3) is 0.440. The van der Waals surface area contributed by atoms with E-state index in [1.807, 2.05) is 0 Å². The Kier molecular flexibility index (Phi) is 12.9. The lowest BCUT2D eigenvalue weighted by atomic mass is 9.85. The first-order valence-corrected chi connectivity index (χ1v) is 22.8. The Labute approximate surface area is 371 Å². The topological polar surface area (TPSA) is 168 Å². The molecular weight excluding hydrogens is 817 g/mol. The Morgan fingerprint density at radius 1 is 0.391 bits per heavy atom. The van der Waals surface area contributed by atoms with Gasteiger partial charge in [-0.3, -0.25) is 48.2 Å². The molecule has 0 spiro atoms. The summed E-state index contributed by atoms with van der Waals surface area (Å²) in [6.07, 6.45) is 9.54. The summed E-state index contributed by atoms with van der Waals surface area (Å²) in [4.78, 5) is 115. The predicted octanol–water partition coefficient (Wildman–Crippen LogP) is 8.24. The van der Waals surface area contributed by atoms with Crippen LogP contribution in [-0.4, -0.2) is 107 Å². The molecule has 0 saturated heterocycles. The Balaban J connectivity index is 1.01. The van der Waals surface area contributed by atoms with Crippen LogP contribution in [0.3, 0.4) is 0 Å². The van der Waals surface area contributed by atoms with E-state index in [9.17, 15) is 38.4 Å². The molecule has 0 aliphatic carbocycles. The molecule has 334 valence electrons. The van der Waals surface area contributed by atoms with Gasteiger partial charge in [-0.25, -0.2) is 0 Å². The number of unbranched alkanes of at least 4 members (excludes halogenated alkanes) is 2. The molecule has 4 aliphatic heterocycles. The van der Waals surface area contributed by atoms with Crippen molar-refractivity contribution in [2.24, 2.45) is 11.8 Å². The number of nitrogens with zero attached hydrogens (tertiary/aromatic N) is 4. The molecule has 4 heterocycles. The fourth-order valence-corrected chi connectivity index (χ4v) is 9.54. The first kappa shape index (κ1) is 44.5. The van der Waals surface area contributed by atoms with Crippen LogP contribution in [0.2, 0.25) is 0 Å². The molecule has 14 heteroatoms. The van der Waals surface area contributed by atoms with Crippen molar-refractivity contribution in [2.45, 2.75) is 91.9 Å². The fourth-order valence-electron chi connectivity index (χ4n) is 9.54. The van der Waals surface area contributed by atoms with Crippen LogP contribution < -0.4 is 0 Å². The maximum absolute atomic E-state index is 14.4. The molecule has 64 heavy (non-hydrogen) atoms. The van der Waals surface area contributed by atoms with Crippen LogP contribution in [0.1, 0.15) is 175 Å². The number of carbonyl (C=O) groups excluding carboxylic acids is 8. The van der Waals surface area contributed by atoms with Crippen LogP contribution in [0.5, 0.6) is 0 Å². The highest BCUT2D eigenvalue weighted by Crippen LogP contribution is 2.42. The predicted molar refractivity (Wildman–Crippen MR) is 237 cm³/mol. The molecule has 2 atom stereocenters. The molecule has 4 aliphatic rings. The molecule has 4 aromatic rings. The zero-order valence-corrected chi connectivity index (χ0v) is 37.0. The van der Waals surface area contributed by atoms with Crippen molar-refractivity contribution in [2.75, 3.05) is 39.5 Å². The van der Waals surface area contributed by atoms with Gasteiger partial charge >= 0.3 is 0 Å². The van der Waals surface area contributed by atoms with Gasteiger partial charge in [-0.1, -0.05) is 66.2 Å². The second-order valence-corrected chi connectivity index (χ2v) is 17.2. The lowest BCUT2D eigenvalue weighted by Crippen LogP contribution is -2.58. The molecule has 0 bridgehead atoms. The summed E-state index contributed by atoms with van der Waals surface area (Å²) < 4.78 is 11.8. The Morgan fingerprint density at radius 2 is 0.656 bits per heavy atom. The highest BCUT2D eigenvalue weighted by Gasteiger charge is 2.48. The Bertz CT molecular complexity index is 2320. The number of ether oxygens (including phenoxy) is 2. The van der Waals surface area contributed by atoms with E-state index in [0.29, 0.717) is 61.1 Å². The van der Waals surface area contributed by atoms with E-state index in [2.05, 4.69) is 27.7 Å². The van der Waals surface area contributed by atoms with Crippen molar-refractivity contribution < 1.29 is 47.8 Å². The largest absolute Gasteiger partial charge is 0.381 e. The molecule has 0 aromatic heterocycles. The lowest BCUT2D eigenvalue weighted by molar-refractivity contribution is 0.00211. The normalized spacial score (nSPS) is 16.6. The zero-order chi connectivity index (χ0) is 45.4. The molecule has 0 saturated carbocycles. The summed E-state index contributed by atoms with van der Waals surface area (Å²) in [7, 11) is 0. The number of hydrazine groups is 1. The van der Waals surface area contributed by atoms with Crippen molar-refractivity contribution in [3.8, 4) is 0 Å². The van der Waals surface area contributed by atoms with Crippen LogP contribution in [0.25, 0.3) is 21.5 Å². The van der Waals surface area contributed by atoms with Gasteiger partial charge in [-0.15, -0.1) is 0 Å². The van der Waals surface area contributed by atoms with Crippen molar-refractivity contribution in [1.29, 1.82) is 0 Å². The van der Waals surface area contributed by atoms with Crippen molar-refractivity contribution >= 4 is 68.8 Å². The molecule has 0 radical (unpaired) electrons. The second kappa shape index (κ2) is 18.5. The summed E-state index contributed by atoms with van der Waals surface area (Å²) in [5, 5.41) is 1.47. The maximum Gasteiger partial charge on any atom is 0.281 e. The van der Waals surface area contributed by atoms with Crippen LogP contribution in [0, 0.1) is 11.8 Å². The first-order chi connectivity index (χ1) is 31.0. The number of carbonyl (C=O) groups is 8. The molecule has 0 N–H and O–H groups in total. The summed E-state index contributed by atoms with van der Waals surface area (Å²) in [6, 6.07) is 11.2. The van der Waals surface area contributed by atoms with Crippen LogP contribution in [-0.2, 0) is 9.47 Å². The first-order valence-electron chi connectivity index (χ1n) is 22.8. The van der Waals surface area contributed by atoms with Gasteiger partial charge in [0.2, 0.25) is 0 Å². The summed E-state index contributed by atoms with van der Waals surface area (Å²) in [5.74, 6) is -5.37. The second-order valence-electron chi connectivity index (χ2n) is 17.2. The minimum atomic E-state index is -1.00. The van der Waals surface area contributed by atoms with E-state index in [0.717, 1.165) is 61.2 Å². The summed E-state index contributed by atoms with van der Waals surface area (Å²) >= 11 is 0. The molecule has 8 rings (SSSR count). The highest BCUT2D eigenvalue weighted by atomic mass is 16.5. The van der Waals surface area contributed by atoms with Crippen molar-refractivity contribution in [3.05, 3.63) is 93.0 Å². The van der Waals surface area contributed by atoms with Gasteiger partial charge in [0.05, 0.1) is 22.3 Å². The van der Waals surface area contributed by atoms with E-state index < -0.39 is 47.3 Å². The third kappa shape index (κ3) is 7.49. The average Bonchev–Trinajstić information content (AvgIpc) is 3.30. The Hall–Kier alpha value is -6.12. The van der Waals surface area contributed by atoms with Crippen LogP contribution >= 0.6 is 0 Å². The molecule has 8 amide bonds. The minimum Gasteiger partial charge on any atom is -0.381 e. The van der Waals surface area contributed by atoms with E-state index in [-0.39, 0.29) is 79.1 Å². The van der Waals surface area contributed by atoms with Crippen molar-refractivity contribution in [3.63, 3.8) is 0 Å². The number of imide groups is 4. The summed E-state index contributed by atoms with van der Waals surface area (Å²) in [5.41, 5.74) is 0.277. The highest BCUT2D eigenvalue weighted by molar-refractivity contribution is 6.37. The molecule has 4 aromatic carbocycles. The SMILES string of the molecule is CCCCC(CC)COCCCN1C(=O)c2ccc3c4c(ccc(c24)C1=O)C(=O)N(N1C(=O)c2ccc4c5c(ccc(c25)C1=O)C(=O)N(CCCOCC(CC)CCCC)C4=O)C3=O. The van der Waals surface area contributed by atoms with E-state index in [4.69, 9.17) is 9.47 Å². The summed E-state index contributed by atoms with van der Waals surface area (Å²) in [6.45, 7) is 10.8. The third-order valence-electron chi connectivity index (χ3n) is 13.2. The maximum atomic E-state index is 14.4. The molecular formula is C50H54N4O10. The number of rotatable bonds is 21. The average molecular weight is 871 g/mol. The number of benzene rings is 4. The van der Waals surface area contributed by atoms with Gasteiger partial charge in [0, 0.05) is 83.3 Å². The van der Waals surface area contributed by atoms with Gasteiger partial charge in [-0.2, -0.15) is 10.0 Å². The number of hydrogen-bond donors (Lipinski definition) is 0. The molecule has 0 fully saturated rings. The van der Waals surface area contributed by atoms with Gasteiger partial charge in [-0.05, 0) is 86.1 Å². The van der Waals surface area contributed by atoms with E-state index in [1.54, 1.807) is 0 Å². The quantitative estimate of drug-likeness (QED) is 0.0588. The minimum absolute atomic E-state index is 0.0776. The van der Waals surface area contributed by atoms with E-state index >= 15 is 0 Å². The smallest absolute Gasteiger partial charge is 0.281 e. The van der Waals surface area contributed by atoms with Gasteiger partial charge in [0.15, 0.2) is 0 Å². The van der Waals surface area contributed by atoms with Gasteiger partial charge < -0.3 is 9.47 Å². The number of amides is 8. The van der Waals surface area contributed by atoms with Crippen molar-refractivity contribution in [1.82, 2.24) is 19.8 Å². The Morgan fingerprint density at radius 3 is 0.906 bits per heavy atom. The molecule has 14 nitrogen and oxygen atoms in total. The lowest BCUT2D eigenvalue weighted by Gasteiger charge is -2.38. The standard InChI is InChI=1S/C50H54N4O10/c1-5-9-13-29(7-3)27-63-25-11-23-51-43(55)31-15-19-35-41-36(20-16-32(39(31)41)44(51)56)48(60)53(47(35)59)54-49(61)37-21-17-33-40-34(18-22-38(42(37)40)50(54)62)46(58)52(45(33)57)24-12-26-64-28-30(8-4)14-10-6-2/h15-22,29-30H,5-14,23-28H2,1-4H3. The van der Waals surface area contributed by atoms with Crippen LogP contribution in [0.4, 0.5) is 0 Å². The molecule has 2 unspecified atom stereocenters. The van der Waals surface area contributed by atoms with E-state index in [1.165, 1.54) is 48.5 Å². The van der Waals surface area contributed by atoms with Crippen LogP contribution in [0.15, 0.2) is 48.5 Å². The number of hydrogen-bond acceptors (Lipinski definition) is 10.